The second-order valence-corrected chi connectivity index (χ2v) is 7.01. The van der Waals surface area contributed by atoms with Crippen LogP contribution < -0.4 is 5.32 Å². The lowest BCUT2D eigenvalue weighted by Crippen LogP contribution is -2.29. The second-order valence-electron chi connectivity index (χ2n) is 5.82. The summed E-state index contributed by atoms with van der Waals surface area (Å²) in [4.78, 5) is 0. The Balaban J connectivity index is 1.86. The van der Waals surface area contributed by atoms with Crippen LogP contribution in [0, 0.1) is 5.92 Å². The fourth-order valence-electron chi connectivity index (χ4n) is 3.65. The zero-order valence-corrected chi connectivity index (χ0v) is 14.0. The Morgan fingerprint density at radius 3 is 2.45 bits per heavy atom. The number of hydrogen-bond donors (Lipinski definition) is 1. The van der Waals surface area contributed by atoms with E-state index in [2.05, 4.69) is 23.5 Å². The summed E-state index contributed by atoms with van der Waals surface area (Å²) in [5.41, 5.74) is 3.32. The summed E-state index contributed by atoms with van der Waals surface area (Å²) in [6, 6.07) is 12.0. The van der Waals surface area contributed by atoms with Crippen LogP contribution >= 0.6 is 34.8 Å². The average molecular weight is 351 g/mol. The zero-order chi connectivity index (χ0) is 15.3. The lowest BCUT2D eigenvalue weighted by molar-refractivity contribution is 0.426. The van der Waals surface area contributed by atoms with Crippen molar-refractivity contribution in [3.63, 3.8) is 0 Å². The molecule has 0 radical (unpaired) electrons. The molecule has 2 aromatic rings. The number of hydrogen-bond acceptors (Lipinski definition) is 1. The molecule has 4 heteroatoms. The number of rotatable bonds is 1. The first-order valence-corrected chi connectivity index (χ1v) is 8.45. The smallest absolute Gasteiger partial charge is 0.0645 e. The molecule has 0 spiro atoms. The summed E-state index contributed by atoms with van der Waals surface area (Å²) >= 11 is 19.1. The van der Waals surface area contributed by atoms with Crippen LogP contribution in [0.15, 0.2) is 48.6 Å². The molecule has 1 aliphatic heterocycles. The molecule has 0 fully saturated rings. The third-order valence-electron chi connectivity index (χ3n) is 4.66. The van der Waals surface area contributed by atoms with Crippen LogP contribution in [0.3, 0.4) is 0 Å². The highest BCUT2D eigenvalue weighted by Gasteiger charge is 2.39. The molecule has 0 aromatic heterocycles. The number of benzene rings is 2. The van der Waals surface area contributed by atoms with Gasteiger partial charge in [0.05, 0.1) is 26.8 Å². The molecule has 4 rings (SSSR count). The van der Waals surface area contributed by atoms with Gasteiger partial charge in [0.1, 0.15) is 0 Å². The molecule has 112 valence electrons. The Labute approximate surface area is 144 Å². The molecule has 1 N–H and O–H groups in total. The molecular formula is C18H14Cl3N. The predicted octanol–water partition coefficient (Wildman–Crippen LogP) is 6.47. The van der Waals surface area contributed by atoms with Crippen LogP contribution in [0.1, 0.15) is 29.5 Å². The number of anilines is 1. The van der Waals surface area contributed by atoms with Crippen molar-refractivity contribution in [1.82, 2.24) is 0 Å². The molecule has 0 bridgehead atoms. The van der Waals surface area contributed by atoms with E-state index in [0.29, 0.717) is 21.9 Å². The topological polar surface area (TPSA) is 12.0 Å². The monoisotopic (exact) mass is 349 g/mol. The molecular weight excluding hydrogens is 337 g/mol. The van der Waals surface area contributed by atoms with E-state index in [1.165, 1.54) is 5.56 Å². The Bertz CT molecular complexity index is 769. The summed E-state index contributed by atoms with van der Waals surface area (Å²) in [6.45, 7) is 0. The van der Waals surface area contributed by atoms with Gasteiger partial charge in [-0.25, -0.2) is 0 Å². The Kier molecular flexibility index (Phi) is 3.60. The highest BCUT2D eigenvalue weighted by molar-refractivity contribution is 6.42. The Morgan fingerprint density at radius 1 is 0.909 bits per heavy atom. The predicted molar refractivity (Wildman–Crippen MR) is 94.3 cm³/mol. The second kappa shape index (κ2) is 5.49. The van der Waals surface area contributed by atoms with Gasteiger partial charge >= 0.3 is 0 Å². The molecule has 2 aromatic carbocycles. The summed E-state index contributed by atoms with van der Waals surface area (Å²) in [6.07, 6.45) is 5.56. The quantitative estimate of drug-likeness (QED) is 0.581. The van der Waals surface area contributed by atoms with Crippen LogP contribution in [-0.4, -0.2) is 0 Å². The van der Waals surface area contributed by atoms with E-state index in [9.17, 15) is 0 Å². The van der Waals surface area contributed by atoms with Crippen molar-refractivity contribution in [2.45, 2.75) is 18.4 Å². The zero-order valence-electron chi connectivity index (χ0n) is 11.7. The first-order valence-electron chi connectivity index (χ1n) is 7.32. The molecule has 22 heavy (non-hydrogen) atoms. The third-order valence-corrected chi connectivity index (χ3v) is 5.81. The summed E-state index contributed by atoms with van der Waals surface area (Å²) in [5, 5.41) is 5.57. The first kappa shape index (κ1) is 14.4. The standard InChI is InChI=1S/C18H14Cl3N/c19-14-8-3-7-13(16(14)21)17-11-5-1-4-10(11)12-6-2-9-15(20)18(12)22-17/h1-4,6-11,17,22H,5H2/t10-,11-,17+/m1/s1. The number of nitrogens with one attached hydrogen (secondary N) is 1. The van der Waals surface area contributed by atoms with E-state index in [1.807, 2.05) is 30.3 Å². The molecule has 1 nitrogen and oxygen atoms in total. The number of para-hydroxylation sites is 1. The summed E-state index contributed by atoms with van der Waals surface area (Å²) in [5.74, 6) is 0.803. The van der Waals surface area contributed by atoms with E-state index in [1.54, 1.807) is 0 Å². The van der Waals surface area contributed by atoms with Crippen molar-refractivity contribution in [3.8, 4) is 0 Å². The van der Waals surface area contributed by atoms with E-state index < -0.39 is 0 Å². The van der Waals surface area contributed by atoms with Gasteiger partial charge in [0.25, 0.3) is 0 Å². The van der Waals surface area contributed by atoms with Crippen molar-refractivity contribution in [2.75, 3.05) is 5.32 Å². The van der Waals surface area contributed by atoms with Gasteiger partial charge < -0.3 is 5.32 Å². The molecule has 0 saturated heterocycles. The van der Waals surface area contributed by atoms with Crippen LogP contribution in [0.5, 0.6) is 0 Å². The van der Waals surface area contributed by atoms with Crippen molar-refractivity contribution in [3.05, 3.63) is 74.7 Å². The maximum absolute atomic E-state index is 6.46. The van der Waals surface area contributed by atoms with Gasteiger partial charge in [0, 0.05) is 5.92 Å². The molecule has 3 atom stereocenters. The van der Waals surface area contributed by atoms with Gasteiger partial charge in [-0.05, 0) is 35.6 Å². The van der Waals surface area contributed by atoms with Gasteiger partial charge in [0.2, 0.25) is 0 Å². The van der Waals surface area contributed by atoms with Crippen LogP contribution in [-0.2, 0) is 0 Å². The average Bonchev–Trinajstić information content (AvgIpc) is 3.00. The number of fused-ring (bicyclic) bond motifs is 3. The van der Waals surface area contributed by atoms with Gasteiger partial charge in [-0.15, -0.1) is 0 Å². The van der Waals surface area contributed by atoms with Gasteiger partial charge in [-0.1, -0.05) is 71.2 Å². The number of allylic oxidation sites excluding steroid dienone is 2. The minimum atomic E-state index is 0.110. The van der Waals surface area contributed by atoms with Crippen molar-refractivity contribution >= 4 is 40.5 Å². The van der Waals surface area contributed by atoms with Crippen molar-refractivity contribution in [2.24, 2.45) is 5.92 Å². The summed E-state index contributed by atoms with van der Waals surface area (Å²) < 4.78 is 0. The maximum Gasteiger partial charge on any atom is 0.0645 e. The van der Waals surface area contributed by atoms with Crippen molar-refractivity contribution in [1.29, 1.82) is 0 Å². The van der Waals surface area contributed by atoms with Gasteiger partial charge in [-0.2, -0.15) is 0 Å². The minimum absolute atomic E-state index is 0.110. The van der Waals surface area contributed by atoms with E-state index in [-0.39, 0.29) is 6.04 Å². The van der Waals surface area contributed by atoms with Gasteiger partial charge in [0.15, 0.2) is 0 Å². The largest absolute Gasteiger partial charge is 0.376 e. The molecule has 0 amide bonds. The molecule has 0 unspecified atom stereocenters. The molecule has 1 heterocycles. The van der Waals surface area contributed by atoms with Gasteiger partial charge in [-0.3, -0.25) is 0 Å². The van der Waals surface area contributed by atoms with Crippen LogP contribution in [0.2, 0.25) is 15.1 Å². The van der Waals surface area contributed by atoms with Crippen molar-refractivity contribution < 1.29 is 0 Å². The highest BCUT2D eigenvalue weighted by atomic mass is 35.5. The molecule has 1 aliphatic carbocycles. The highest BCUT2D eigenvalue weighted by Crippen LogP contribution is 2.52. The fraction of sp³-hybridized carbons (Fsp3) is 0.222. The number of halogens is 3. The maximum atomic E-state index is 6.46. The normalized spacial score (nSPS) is 25.5. The third kappa shape index (κ3) is 2.15. The van der Waals surface area contributed by atoms with E-state index in [0.717, 1.165) is 22.7 Å². The Morgan fingerprint density at radius 2 is 1.64 bits per heavy atom. The Hall–Kier alpha value is -1.15. The lowest BCUT2D eigenvalue weighted by Gasteiger charge is -2.38. The molecule has 2 aliphatic rings. The molecule has 0 saturated carbocycles. The van der Waals surface area contributed by atoms with E-state index in [4.69, 9.17) is 34.8 Å². The first-order chi connectivity index (χ1) is 10.7. The summed E-state index contributed by atoms with van der Waals surface area (Å²) in [7, 11) is 0. The minimum Gasteiger partial charge on any atom is -0.376 e. The lowest BCUT2D eigenvalue weighted by atomic mass is 9.77. The van der Waals surface area contributed by atoms with Crippen LogP contribution in [0.4, 0.5) is 5.69 Å². The van der Waals surface area contributed by atoms with E-state index >= 15 is 0 Å². The van der Waals surface area contributed by atoms with Crippen LogP contribution in [0.25, 0.3) is 0 Å². The fourth-order valence-corrected chi connectivity index (χ4v) is 4.31. The SMILES string of the molecule is Clc1cccc([C@H]2Nc3c(Cl)cccc3[C@@H]3C=CC[C@@H]23)c1Cl.